The Morgan fingerprint density at radius 1 is 1.31 bits per heavy atom. The minimum absolute atomic E-state index is 0.0252. The smallest absolute Gasteiger partial charge is 0.258 e. The Morgan fingerprint density at radius 2 is 2.03 bits per heavy atom. The van der Waals surface area contributed by atoms with Crippen LogP contribution in [0.3, 0.4) is 0 Å². The van der Waals surface area contributed by atoms with Gasteiger partial charge >= 0.3 is 0 Å². The van der Waals surface area contributed by atoms with Crippen LogP contribution in [0, 0.1) is 6.92 Å². The predicted molar refractivity (Wildman–Crippen MR) is 109 cm³/mol. The first-order valence-corrected chi connectivity index (χ1v) is 11.2. The van der Waals surface area contributed by atoms with Crippen LogP contribution in [0.25, 0.3) is 5.70 Å². The minimum Gasteiger partial charge on any atom is -0.311 e. The molecule has 8 nitrogen and oxygen atoms in total. The summed E-state index contributed by atoms with van der Waals surface area (Å²) in [5.74, 6) is 0.199. The number of aromatic nitrogens is 2. The second-order valence-electron chi connectivity index (χ2n) is 7.42. The lowest BCUT2D eigenvalue weighted by atomic mass is 10.1. The van der Waals surface area contributed by atoms with E-state index in [2.05, 4.69) is 17.0 Å². The van der Waals surface area contributed by atoms with Crippen LogP contribution < -0.4 is 5.32 Å². The lowest BCUT2D eigenvalue weighted by molar-refractivity contribution is -0.116. The van der Waals surface area contributed by atoms with Gasteiger partial charge in [-0.15, -0.1) is 0 Å². The fourth-order valence-corrected chi connectivity index (χ4v) is 5.54. The molecule has 2 aliphatic rings. The molecular formula is C20H22N4O4S. The third-order valence-corrected chi connectivity index (χ3v) is 7.03. The van der Waals surface area contributed by atoms with Gasteiger partial charge in [0.2, 0.25) is 5.91 Å². The van der Waals surface area contributed by atoms with E-state index < -0.39 is 9.84 Å². The molecule has 4 rings (SSSR count). The first kappa shape index (κ1) is 19.4. The Kier molecular flexibility index (Phi) is 4.77. The van der Waals surface area contributed by atoms with Crippen molar-refractivity contribution in [2.75, 3.05) is 23.4 Å². The van der Waals surface area contributed by atoms with Gasteiger partial charge in [0.25, 0.3) is 5.91 Å². The number of amides is 2. The molecule has 0 radical (unpaired) electrons. The summed E-state index contributed by atoms with van der Waals surface area (Å²) < 4.78 is 25.2. The highest BCUT2D eigenvalue weighted by atomic mass is 32.2. The third kappa shape index (κ3) is 3.69. The van der Waals surface area contributed by atoms with Crippen LogP contribution in [0.2, 0.25) is 0 Å². The molecule has 2 aliphatic heterocycles. The largest absolute Gasteiger partial charge is 0.311 e. The number of benzene rings is 1. The lowest BCUT2D eigenvalue weighted by Crippen LogP contribution is -2.28. The lowest BCUT2D eigenvalue weighted by Gasteiger charge is -2.18. The number of fused-ring (bicyclic) bond motifs is 1. The van der Waals surface area contributed by atoms with Gasteiger partial charge in [0, 0.05) is 35.9 Å². The summed E-state index contributed by atoms with van der Waals surface area (Å²) in [6.45, 7) is 5.98. The highest BCUT2D eigenvalue weighted by Crippen LogP contribution is 2.31. The van der Waals surface area contributed by atoms with Gasteiger partial charge in [-0.2, -0.15) is 5.10 Å². The van der Waals surface area contributed by atoms with E-state index in [9.17, 15) is 18.0 Å². The average Bonchev–Trinajstić information content (AvgIpc) is 3.29. The van der Waals surface area contributed by atoms with Gasteiger partial charge in [-0.3, -0.25) is 9.59 Å². The number of nitrogens with one attached hydrogen (secondary N) is 1. The normalized spacial score (nSPS) is 20.2. The summed E-state index contributed by atoms with van der Waals surface area (Å²) in [4.78, 5) is 26.6. The van der Waals surface area contributed by atoms with Gasteiger partial charge in [-0.1, -0.05) is 24.8 Å². The molecular weight excluding hydrogens is 392 g/mol. The molecule has 152 valence electrons. The number of rotatable bonds is 5. The molecule has 1 N–H and O–H groups in total. The molecule has 1 unspecified atom stereocenters. The molecule has 2 aromatic rings. The molecule has 0 saturated carbocycles. The summed E-state index contributed by atoms with van der Waals surface area (Å²) in [7, 11) is -3.07. The van der Waals surface area contributed by atoms with E-state index in [1.54, 1.807) is 29.8 Å². The second-order valence-corrected chi connectivity index (χ2v) is 9.65. The zero-order valence-corrected chi connectivity index (χ0v) is 16.9. The van der Waals surface area contributed by atoms with Crippen LogP contribution >= 0.6 is 0 Å². The molecule has 1 saturated heterocycles. The summed E-state index contributed by atoms with van der Waals surface area (Å²) >= 11 is 0. The fourth-order valence-electron chi connectivity index (χ4n) is 3.85. The maximum atomic E-state index is 12.5. The molecule has 1 atom stereocenters. The zero-order chi connectivity index (χ0) is 20.8. The van der Waals surface area contributed by atoms with E-state index in [1.807, 2.05) is 12.1 Å². The van der Waals surface area contributed by atoms with Gasteiger partial charge in [0.05, 0.1) is 23.2 Å². The van der Waals surface area contributed by atoms with Crippen LogP contribution in [0.4, 0.5) is 5.82 Å². The zero-order valence-electron chi connectivity index (χ0n) is 16.1. The van der Waals surface area contributed by atoms with Crippen LogP contribution in [-0.4, -0.2) is 53.0 Å². The van der Waals surface area contributed by atoms with Gasteiger partial charge in [-0.25, -0.2) is 13.1 Å². The minimum atomic E-state index is -3.07. The van der Waals surface area contributed by atoms with Crippen molar-refractivity contribution in [3.63, 3.8) is 0 Å². The van der Waals surface area contributed by atoms with Gasteiger partial charge in [0.15, 0.2) is 9.84 Å². The Labute approximate surface area is 169 Å². The molecule has 1 fully saturated rings. The third-order valence-electron chi connectivity index (χ3n) is 5.28. The van der Waals surface area contributed by atoms with E-state index in [1.165, 1.54) is 4.90 Å². The Hall–Kier alpha value is -2.94. The maximum absolute atomic E-state index is 12.5. The number of carbonyl (C=O) groups is 2. The fraction of sp³-hybridized carbons (Fsp3) is 0.350. The number of anilines is 1. The molecule has 3 heterocycles. The number of aryl methyl sites for hydroxylation is 1. The monoisotopic (exact) mass is 414 g/mol. The number of nitrogens with zero attached hydrogens (tertiary/aromatic N) is 3. The van der Waals surface area contributed by atoms with Crippen molar-refractivity contribution < 1.29 is 18.0 Å². The molecule has 1 aromatic heterocycles. The predicted octanol–water partition coefficient (Wildman–Crippen LogP) is 2.01. The number of hydrogen-bond acceptors (Lipinski definition) is 5. The highest BCUT2D eigenvalue weighted by Gasteiger charge is 2.32. The topological polar surface area (TPSA) is 101 Å². The number of carbonyl (C=O) groups excluding carboxylic acids is 2. The van der Waals surface area contributed by atoms with Crippen molar-refractivity contribution in [2.45, 2.75) is 25.8 Å². The molecule has 0 aliphatic carbocycles. The van der Waals surface area contributed by atoms with Crippen molar-refractivity contribution in [3.8, 4) is 0 Å². The van der Waals surface area contributed by atoms with Crippen molar-refractivity contribution in [2.24, 2.45) is 0 Å². The van der Waals surface area contributed by atoms with Crippen molar-refractivity contribution in [1.82, 2.24) is 14.7 Å². The number of sulfone groups is 1. The SMILES string of the molecule is C=C1c2ccccc2C(=O)N1CCC(=O)Nc1cc(C)nn1C1CCS(=O)(=O)C1. The van der Waals surface area contributed by atoms with Crippen LogP contribution in [0.1, 0.15) is 40.5 Å². The standard InChI is InChI=1S/C20H22N4O4S/c1-13-11-18(24(22-13)15-8-10-29(27,28)12-15)21-19(25)7-9-23-14(2)16-5-3-4-6-17(16)20(23)26/h3-6,11,15H,2,7-10,12H2,1H3,(H,21,25). The summed E-state index contributed by atoms with van der Waals surface area (Å²) in [5, 5.41) is 7.17. The van der Waals surface area contributed by atoms with E-state index in [4.69, 9.17) is 0 Å². The summed E-state index contributed by atoms with van der Waals surface area (Å²) in [6.07, 6.45) is 0.568. The van der Waals surface area contributed by atoms with Gasteiger partial charge in [-0.05, 0) is 19.4 Å². The molecule has 1 aromatic carbocycles. The summed E-state index contributed by atoms with van der Waals surface area (Å²) in [5.41, 5.74) is 2.67. The second kappa shape index (κ2) is 7.14. The van der Waals surface area contributed by atoms with Crippen molar-refractivity contribution in [3.05, 3.63) is 53.7 Å². The van der Waals surface area contributed by atoms with Crippen LogP contribution in [0.15, 0.2) is 36.9 Å². The molecule has 0 bridgehead atoms. The Balaban J connectivity index is 1.42. The summed E-state index contributed by atoms with van der Waals surface area (Å²) in [6, 6.07) is 8.68. The molecule has 2 amide bonds. The quantitative estimate of drug-likeness (QED) is 0.806. The van der Waals surface area contributed by atoms with Gasteiger partial charge in [0.1, 0.15) is 5.82 Å². The highest BCUT2D eigenvalue weighted by molar-refractivity contribution is 7.91. The molecule has 9 heteroatoms. The van der Waals surface area contributed by atoms with E-state index >= 15 is 0 Å². The Morgan fingerprint density at radius 3 is 2.69 bits per heavy atom. The average molecular weight is 414 g/mol. The van der Waals surface area contributed by atoms with E-state index in [-0.39, 0.29) is 42.3 Å². The number of hydrogen-bond donors (Lipinski definition) is 1. The first-order chi connectivity index (χ1) is 13.7. The Bertz CT molecular complexity index is 1080. The van der Waals surface area contributed by atoms with Crippen LogP contribution in [-0.2, 0) is 14.6 Å². The van der Waals surface area contributed by atoms with Crippen molar-refractivity contribution >= 4 is 33.2 Å². The van der Waals surface area contributed by atoms with Crippen molar-refractivity contribution in [1.29, 1.82) is 0 Å². The van der Waals surface area contributed by atoms with Gasteiger partial charge < -0.3 is 10.2 Å². The van der Waals surface area contributed by atoms with Crippen LogP contribution in [0.5, 0.6) is 0 Å². The first-order valence-electron chi connectivity index (χ1n) is 9.42. The maximum Gasteiger partial charge on any atom is 0.258 e. The molecule has 0 spiro atoms. The molecule has 29 heavy (non-hydrogen) atoms. The van der Waals surface area contributed by atoms with E-state index in [0.717, 1.165) is 5.56 Å². The van der Waals surface area contributed by atoms with E-state index in [0.29, 0.717) is 29.2 Å².